The van der Waals surface area contributed by atoms with Gasteiger partial charge in [0.1, 0.15) is 11.5 Å². The lowest BCUT2D eigenvalue weighted by Crippen LogP contribution is -2.12. The molecule has 0 aliphatic rings. The number of rotatable bonds is 17. The summed E-state index contributed by atoms with van der Waals surface area (Å²) in [6, 6.07) is 14.2. The van der Waals surface area contributed by atoms with E-state index in [9.17, 15) is 14.4 Å². The van der Waals surface area contributed by atoms with Gasteiger partial charge in [0.15, 0.2) is 5.78 Å². The Morgan fingerprint density at radius 1 is 0.784 bits per heavy atom. The summed E-state index contributed by atoms with van der Waals surface area (Å²) in [5, 5.41) is 8.81. The van der Waals surface area contributed by atoms with Crippen LogP contribution < -0.4 is 9.47 Å². The van der Waals surface area contributed by atoms with E-state index in [0.717, 1.165) is 23.8 Å². The van der Waals surface area contributed by atoms with Crippen molar-refractivity contribution in [2.45, 2.75) is 19.3 Å². The Labute approximate surface area is 216 Å². The fraction of sp³-hybridized carbons (Fsp3) is 0.276. The minimum atomic E-state index is -0.625. The fourth-order valence-corrected chi connectivity index (χ4v) is 2.86. The third-order valence-corrected chi connectivity index (χ3v) is 4.93. The van der Waals surface area contributed by atoms with E-state index in [1.54, 1.807) is 30.3 Å². The van der Waals surface area contributed by atoms with E-state index in [-0.39, 0.29) is 18.0 Å². The lowest BCUT2D eigenvalue weighted by atomic mass is 10.1. The Hall–Kier alpha value is -4.17. The van der Waals surface area contributed by atoms with Crippen LogP contribution in [0, 0.1) is 0 Å². The van der Waals surface area contributed by atoms with Crippen LogP contribution in [0.1, 0.15) is 35.2 Å². The summed E-state index contributed by atoms with van der Waals surface area (Å²) in [5.41, 5.74) is 1.40. The predicted octanol–water partition coefficient (Wildman–Crippen LogP) is 4.33. The second-order valence-electron chi connectivity index (χ2n) is 7.82. The maximum Gasteiger partial charge on any atom is 0.335 e. The quantitative estimate of drug-likeness (QED) is 0.146. The zero-order valence-corrected chi connectivity index (χ0v) is 20.7. The van der Waals surface area contributed by atoms with Crippen LogP contribution in [0.15, 0.2) is 79.4 Å². The van der Waals surface area contributed by atoms with E-state index in [0.29, 0.717) is 44.0 Å². The Balaban J connectivity index is 1.69. The maximum atomic E-state index is 12.5. The first kappa shape index (κ1) is 29.1. The maximum absolute atomic E-state index is 12.5. The Kier molecular flexibility index (Phi) is 13.0. The smallest absolute Gasteiger partial charge is 0.335 e. The number of allylic oxidation sites excluding steroid dienone is 1. The van der Waals surface area contributed by atoms with Gasteiger partial charge in [0.25, 0.3) is 0 Å². The van der Waals surface area contributed by atoms with Crippen LogP contribution >= 0.6 is 0 Å². The second-order valence-corrected chi connectivity index (χ2v) is 7.82. The highest BCUT2D eigenvalue weighted by Gasteiger charge is 2.07. The molecule has 0 heterocycles. The summed E-state index contributed by atoms with van der Waals surface area (Å²) in [4.78, 5) is 34.8. The summed E-state index contributed by atoms with van der Waals surface area (Å²) in [6.07, 6.45) is 6.31. The molecular formula is C29H32O8. The van der Waals surface area contributed by atoms with E-state index in [4.69, 9.17) is 24.1 Å². The monoisotopic (exact) mass is 508 g/mol. The first-order chi connectivity index (χ1) is 17.9. The van der Waals surface area contributed by atoms with E-state index in [1.807, 2.05) is 24.3 Å². The van der Waals surface area contributed by atoms with Crippen molar-refractivity contribution in [1.82, 2.24) is 0 Å². The molecule has 2 aromatic rings. The molecule has 37 heavy (non-hydrogen) atoms. The fourth-order valence-electron chi connectivity index (χ4n) is 2.86. The van der Waals surface area contributed by atoms with E-state index < -0.39 is 18.5 Å². The van der Waals surface area contributed by atoms with Crippen molar-refractivity contribution in [2.24, 2.45) is 0 Å². The molecule has 0 spiro atoms. The number of aliphatic hydroxyl groups excluding tert-OH is 1. The zero-order chi connectivity index (χ0) is 26.9. The molecule has 8 nitrogen and oxygen atoms in total. The molecule has 0 radical (unpaired) electrons. The van der Waals surface area contributed by atoms with E-state index in [1.165, 1.54) is 6.08 Å². The molecule has 2 rings (SSSR count). The summed E-state index contributed by atoms with van der Waals surface area (Å²) in [5.74, 6) is 0.127. The number of hydrogen-bond donors (Lipinski definition) is 1. The van der Waals surface area contributed by atoms with Crippen molar-refractivity contribution in [3.8, 4) is 11.5 Å². The Morgan fingerprint density at radius 3 is 1.97 bits per heavy atom. The molecule has 0 amide bonds. The minimum absolute atomic E-state index is 0.00946. The highest BCUT2D eigenvalue weighted by atomic mass is 16.5. The lowest BCUT2D eigenvalue weighted by Gasteiger charge is -2.08. The molecule has 0 saturated heterocycles. The molecule has 0 unspecified atom stereocenters. The molecular weight excluding hydrogens is 476 g/mol. The molecule has 1 N–H and O–H groups in total. The summed E-state index contributed by atoms with van der Waals surface area (Å²) in [7, 11) is 0. The topological polar surface area (TPSA) is 108 Å². The number of ketones is 1. The zero-order valence-electron chi connectivity index (χ0n) is 20.7. The van der Waals surface area contributed by atoms with Crippen LogP contribution in [-0.2, 0) is 19.1 Å². The van der Waals surface area contributed by atoms with Crippen molar-refractivity contribution in [1.29, 1.82) is 0 Å². The Morgan fingerprint density at radius 2 is 1.35 bits per heavy atom. The molecule has 0 aliphatic carbocycles. The van der Waals surface area contributed by atoms with Crippen molar-refractivity contribution < 1.29 is 38.4 Å². The molecule has 0 aromatic heterocycles. The van der Waals surface area contributed by atoms with Gasteiger partial charge in [-0.15, -0.1) is 0 Å². The third kappa shape index (κ3) is 11.4. The van der Waals surface area contributed by atoms with Crippen molar-refractivity contribution in [2.75, 3.05) is 33.0 Å². The van der Waals surface area contributed by atoms with Crippen LogP contribution in [0.4, 0.5) is 0 Å². The molecule has 0 aliphatic heterocycles. The molecule has 2 aromatic carbocycles. The van der Waals surface area contributed by atoms with Gasteiger partial charge in [-0.05, 0) is 60.9 Å². The summed E-state index contributed by atoms with van der Waals surface area (Å²) in [6.45, 7) is 7.63. The van der Waals surface area contributed by atoms with Crippen molar-refractivity contribution >= 4 is 23.8 Å². The highest BCUT2D eigenvalue weighted by molar-refractivity contribution is 6.06. The molecule has 0 saturated carbocycles. The normalized spacial score (nSPS) is 10.5. The number of unbranched alkanes of at least 4 members (excludes halogenated alkanes) is 1. The molecule has 0 atom stereocenters. The molecule has 0 fully saturated rings. The van der Waals surface area contributed by atoms with E-state index >= 15 is 0 Å². The van der Waals surface area contributed by atoms with Gasteiger partial charge < -0.3 is 24.1 Å². The van der Waals surface area contributed by atoms with Crippen LogP contribution in [-0.4, -0.2) is 55.9 Å². The van der Waals surface area contributed by atoms with Gasteiger partial charge >= 0.3 is 11.9 Å². The largest absolute Gasteiger partial charge is 0.494 e. The molecule has 0 bridgehead atoms. The first-order valence-corrected chi connectivity index (χ1v) is 11.9. The standard InChI is InChI=1S/C29H32O8/c1-3-28(32)36-18-5-4-17-34-25-12-7-23(8-13-25)9-16-27(31)24-10-14-26(15-11-24)35-19-6-20-37-29(33)22(2)21-30/h3,7-16,30H,1-2,4-6,17-21H2/b16-9+. The Bertz CT molecular complexity index is 1070. The van der Waals surface area contributed by atoms with Crippen LogP contribution in [0.3, 0.4) is 0 Å². The van der Waals surface area contributed by atoms with Gasteiger partial charge in [-0.3, -0.25) is 4.79 Å². The van der Waals surface area contributed by atoms with Gasteiger partial charge in [0.2, 0.25) is 0 Å². The number of aliphatic hydroxyl groups is 1. The van der Waals surface area contributed by atoms with Crippen LogP contribution in [0.2, 0.25) is 0 Å². The summed E-state index contributed by atoms with van der Waals surface area (Å²) >= 11 is 0. The number of hydrogen-bond acceptors (Lipinski definition) is 8. The number of benzene rings is 2. The van der Waals surface area contributed by atoms with Gasteiger partial charge in [0.05, 0.1) is 38.6 Å². The molecule has 8 heteroatoms. The van der Waals surface area contributed by atoms with E-state index in [2.05, 4.69) is 13.2 Å². The van der Waals surface area contributed by atoms with Crippen LogP contribution in [0.5, 0.6) is 11.5 Å². The first-order valence-electron chi connectivity index (χ1n) is 11.9. The number of esters is 2. The van der Waals surface area contributed by atoms with Gasteiger partial charge in [-0.1, -0.05) is 31.4 Å². The lowest BCUT2D eigenvalue weighted by molar-refractivity contribution is -0.140. The van der Waals surface area contributed by atoms with Crippen molar-refractivity contribution in [3.05, 3.63) is 90.5 Å². The van der Waals surface area contributed by atoms with Gasteiger partial charge in [-0.2, -0.15) is 0 Å². The summed E-state index contributed by atoms with van der Waals surface area (Å²) < 4.78 is 21.1. The average Bonchev–Trinajstić information content (AvgIpc) is 2.93. The minimum Gasteiger partial charge on any atom is -0.494 e. The van der Waals surface area contributed by atoms with Crippen molar-refractivity contribution in [3.63, 3.8) is 0 Å². The number of ether oxygens (including phenoxy) is 4. The number of carbonyl (C=O) groups is 3. The number of carbonyl (C=O) groups excluding carboxylic acids is 3. The molecule has 196 valence electrons. The third-order valence-electron chi connectivity index (χ3n) is 4.93. The predicted molar refractivity (Wildman–Crippen MR) is 139 cm³/mol. The second kappa shape index (κ2) is 16.5. The van der Waals surface area contributed by atoms with Crippen LogP contribution in [0.25, 0.3) is 6.08 Å². The average molecular weight is 509 g/mol. The SMILES string of the molecule is C=CC(=O)OCCCCOc1ccc(/C=C/C(=O)c2ccc(OCCCOC(=O)C(=C)CO)cc2)cc1. The highest BCUT2D eigenvalue weighted by Crippen LogP contribution is 2.16. The van der Waals surface area contributed by atoms with Gasteiger partial charge in [0, 0.05) is 18.1 Å². The van der Waals surface area contributed by atoms with Gasteiger partial charge in [-0.25, -0.2) is 9.59 Å².